The number of nitro groups is 4. The predicted molar refractivity (Wildman–Crippen MR) is 221 cm³/mol. The van der Waals surface area contributed by atoms with Crippen LogP contribution < -0.4 is 10.6 Å². The molecule has 8 rings (SSSR count). The van der Waals surface area contributed by atoms with Crippen LogP contribution in [0, 0.1) is 40.5 Å². The number of nitro benzene ring substituents is 4. The number of nitrogens with one attached hydrogen (secondary N) is 2. The first-order chi connectivity index (χ1) is 31.3. The molecule has 28 heteroatoms. The third kappa shape index (κ3) is 9.86. The number of hydrogen-bond acceptors (Lipinski definition) is 24. The summed E-state index contributed by atoms with van der Waals surface area (Å²) in [5.74, 6) is -3.52. The zero-order valence-corrected chi connectivity index (χ0v) is 36.7. The highest BCUT2D eigenvalue weighted by Crippen LogP contribution is 2.44. The molecule has 0 unspecified atom stereocenters. The molecule has 67 heavy (non-hydrogen) atoms. The van der Waals surface area contributed by atoms with E-state index < -0.39 is 171 Å². The first-order valence-corrected chi connectivity index (χ1v) is 21.2. The fraction of sp³-hybridized carbons (Fsp3) is 0.692. The van der Waals surface area contributed by atoms with Gasteiger partial charge in [-0.3, -0.25) is 45.4 Å². The zero-order chi connectivity index (χ0) is 48.7. The fourth-order valence-corrected chi connectivity index (χ4v) is 9.39. The van der Waals surface area contributed by atoms with Gasteiger partial charge in [0.2, 0.25) is 0 Å². The van der Waals surface area contributed by atoms with Crippen molar-refractivity contribution in [2.24, 2.45) is 0 Å². The second-order valence-electron chi connectivity index (χ2n) is 18.4. The van der Waals surface area contributed by atoms with E-state index in [4.69, 9.17) is 42.6 Å². The maximum atomic E-state index is 12.1. The molecule has 0 bridgehead atoms. The summed E-state index contributed by atoms with van der Waals surface area (Å²) in [5.41, 5.74) is -2.77. The van der Waals surface area contributed by atoms with Crippen molar-refractivity contribution < 1.29 is 82.8 Å². The molecule has 28 nitrogen and oxygen atoms in total. The van der Waals surface area contributed by atoms with E-state index in [1.165, 1.54) is 4.90 Å². The summed E-state index contributed by atoms with van der Waals surface area (Å²) in [6.07, 6.45) is -16.4. The third-order valence-electron chi connectivity index (χ3n) is 12.1. The minimum atomic E-state index is -1.61. The molecule has 2 aromatic carbocycles. The Balaban J connectivity index is 1.08. The Hall–Kier alpha value is -4.92. The molecule has 15 atom stereocenters. The van der Waals surface area contributed by atoms with Gasteiger partial charge in [0, 0.05) is 31.8 Å². The van der Waals surface area contributed by atoms with Crippen LogP contribution in [0.1, 0.15) is 41.5 Å². The average molecular weight is 954 g/mol. The van der Waals surface area contributed by atoms with Gasteiger partial charge in [-0.15, -0.1) is 0 Å². The SMILES string of the molecule is CC1(C)O[C@H]2O[C@H]([C@H](O)CN(C[C@@H](O)[C@H]3O[C@@H]4OC(C)(C)O[C@@H]4[C@H]3Nc3ccc([N+](=O)[O-])cc3[N+](=O)[O-])C[C@H](O)[C@H]3O[C@@H]4OC(C)(C)O[C@@H]4[C@H]3Nc3ccc([N+](=O)[O-])cc3[N+](=O)[O-])[C@H](O)[C@H]2O1. The van der Waals surface area contributed by atoms with Crippen molar-refractivity contribution in [1.82, 2.24) is 4.90 Å². The molecule has 6 aliphatic rings. The van der Waals surface area contributed by atoms with Crippen molar-refractivity contribution >= 4 is 34.1 Å². The van der Waals surface area contributed by atoms with Crippen LogP contribution >= 0.6 is 0 Å². The van der Waals surface area contributed by atoms with E-state index in [2.05, 4.69) is 10.6 Å². The molecule has 0 aliphatic carbocycles. The molecule has 0 aromatic heterocycles. The summed E-state index contributed by atoms with van der Waals surface area (Å²) in [6.45, 7) is 8.28. The van der Waals surface area contributed by atoms with Crippen LogP contribution in [0.5, 0.6) is 0 Å². The summed E-state index contributed by atoms with van der Waals surface area (Å²) < 4.78 is 53.9. The van der Waals surface area contributed by atoms with Crippen LogP contribution in [-0.4, -0.2) is 174 Å². The minimum absolute atomic E-state index is 0.174. The Labute approximate surface area is 379 Å². The number of fused-ring (bicyclic) bond motifs is 3. The molecule has 368 valence electrons. The first-order valence-electron chi connectivity index (χ1n) is 21.2. The summed E-state index contributed by atoms with van der Waals surface area (Å²) in [7, 11) is 0. The minimum Gasteiger partial charge on any atom is -0.389 e. The van der Waals surface area contributed by atoms with Gasteiger partial charge in [-0.1, -0.05) is 0 Å². The highest BCUT2D eigenvalue weighted by atomic mass is 16.9. The van der Waals surface area contributed by atoms with Crippen LogP contribution in [0.2, 0.25) is 0 Å². The molecule has 0 radical (unpaired) electrons. The number of nitrogens with zero attached hydrogens (tertiary/aromatic N) is 5. The van der Waals surface area contributed by atoms with Gasteiger partial charge in [-0.2, -0.15) is 0 Å². The van der Waals surface area contributed by atoms with Crippen molar-refractivity contribution in [3.8, 4) is 0 Å². The quantitative estimate of drug-likeness (QED) is 0.0949. The highest BCUT2D eigenvalue weighted by Gasteiger charge is 2.60. The van der Waals surface area contributed by atoms with Gasteiger partial charge in [0.05, 0.1) is 62.2 Å². The Morgan fingerprint density at radius 1 is 0.552 bits per heavy atom. The molecule has 6 fully saturated rings. The number of anilines is 2. The molecule has 0 spiro atoms. The lowest BCUT2D eigenvalue weighted by atomic mass is 9.99. The standard InChI is InChI=1S/C39H51N7O21/c1-37(2)62-31-25(40-18-9-7-16(43(51)52)11-20(18)45(55)56)28(59-34(31)65-37)22(47)13-42(15-24(49)30-27(50)33-36(61-30)67-39(5,6)64-33)14-23(48)29-26(32-35(60-29)66-38(3,4)63-32)41-19-10-8-17(44(53)54)12-21(19)46(57)58/h7-12,22-36,40-41,47-50H,13-15H2,1-6H3/t22-,23+,24-,25+,26+,27+,28-,29-,30-,31-,32-,33-,34-,35-,36-/m1/s1. The third-order valence-corrected chi connectivity index (χ3v) is 12.1. The van der Waals surface area contributed by atoms with E-state index in [9.17, 15) is 60.9 Å². The van der Waals surface area contributed by atoms with Crippen molar-refractivity contribution in [3.63, 3.8) is 0 Å². The summed E-state index contributed by atoms with van der Waals surface area (Å²) >= 11 is 0. The number of ether oxygens (including phenoxy) is 9. The normalized spacial score (nSPS) is 34.6. The number of rotatable bonds is 17. The molecule has 0 saturated carbocycles. The lowest BCUT2D eigenvalue weighted by Crippen LogP contribution is -2.55. The largest absolute Gasteiger partial charge is 0.389 e. The van der Waals surface area contributed by atoms with Gasteiger partial charge in [0.1, 0.15) is 54.1 Å². The van der Waals surface area contributed by atoms with Gasteiger partial charge in [-0.05, 0) is 53.7 Å². The van der Waals surface area contributed by atoms with Crippen molar-refractivity contribution in [2.75, 3.05) is 30.3 Å². The average Bonchev–Trinajstić information content (AvgIpc) is 4.03. The van der Waals surface area contributed by atoms with Gasteiger partial charge in [-0.25, -0.2) is 0 Å². The predicted octanol–water partition coefficient (Wildman–Crippen LogP) is 0.955. The lowest BCUT2D eigenvalue weighted by Gasteiger charge is -2.36. The second-order valence-corrected chi connectivity index (χ2v) is 18.4. The van der Waals surface area contributed by atoms with E-state index in [1.807, 2.05) is 0 Å². The van der Waals surface area contributed by atoms with Crippen LogP contribution in [0.25, 0.3) is 0 Å². The van der Waals surface area contributed by atoms with Crippen LogP contribution in [0.15, 0.2) is 36.4 Å². The van der Waals surface area contributed by atoms with Gasteiger partial charge in [0.25, 0.3) is 22.7 Å². The van der Waals surface area contributed by atoms with Crippen LogP contribution in [0.4, 0.5) is 34.1 Å². The van der Waals surface area contributed by atoms with Crippen molar-refractivity contribution in [3.05, 3.63) is 76.9 Å². The van der Waals surface area contributed by atoms with Gasteiger partial charge >= 0.3 is 0 Å². The highest BCUT2D eigenvalue weighted by molar-refractivity contribution is 5.67. The number of benzene rings is 2. The lowest BCUT2D eigenvalue weighted by molar-refractivity contribution is -0.393. The monoisotopic (exact) mass is 953 g/mol. The molecule has 6 saturated heterocycles. The Kier molecular flexibility index (Phi) is 12.9. The maximum absolute atomic E-state index is 12.1. The molecular weight excluding hydrogens is 902 g/mol. The number of aliphatic hydroxyl groups excluding tert-OH is 4. The van der Waals surface area contributed by atoms with Gasteiger partial charge in [0.15, 0.2) is 36.2 Å². The molecule has 0 amide bonds. The Bertz CT molecular complexity index is 2130. The van der Waals surface area contributed by atoms with Crippen molar-refractivity contribution in [2.45, 2.75) is 151 Å². The second kappa shape index (κ2) is 17.9. The molecule has 6 aliphatic heterocycles. The smallest absolute Gasteiger partial charge is 0.299 e. The fourth-order valence-electron chi connectivity index (χ4n) is 9.39. The maximum Gasteiger partial charge on any atom is 0.299 e. The van der Waals surface area contributed by atoms with Crippen LogP contribution in [0.3, 0.4) is 0 Å². The van der Waals surface area contributed by atoms with Crippen molar-refractivity contribution in [1.29, 1.82) is 0 Å². The van der Waals surface area contributed by atoms with E-state index in [0.717, 1.165) is 36.4 Å². The summed E-state index contributed by atoms with van der Waals surface area (Å²) in [4.78, 5) is 45.4. The first kappa shape index (κ1) is 48.5. The molecular formula is C39H51N7O21. The topological polar surface area (TPSA) is 364 Å². The number of hydrogen-bond donors (Lipinski definition) is 6. The van der Waals surface area contributed by atoms with E-state index in [1.54, 1.807) is 41.5 Å². The number of aliphatic hydroxyl groups is 4. The van der Waals surface area contributed by atoms with E-state index >= 15 is 0 Å². The Morgan fingerprint density at radius 3 is 1.25 bits per heavy atom. The van der Waals surface area contributed by atoms with Gasteiger partial charge < -0.3 is 73.7 Å². The van der Waals surface area contributed by atoms with Crippen LogP contribution in [-0.2, 0) is 42.6 Å². The van der Waals surface area contributed by atoms with E-state index in [-0.39, 0.29) is 11.4 Å². The summed E-state index contributed by atoms with van der Waals surface area (Å²) in [5, 5.41) is 100. The zero-order valence-electron chi connectivity index (χ0n) is 36.7. The molecule has 6 heterocycles. The summed E-state index contributed by atoms with van der Waals surface area (Å²) in [6, 6.07) is 3.65. The molecule has 6 N–H and O–H groups in total. The molecule has 2 aromatic rings. The van der Waals surface area contributed by atoms with E-state index in [0.29, 0.717) is 0 Å². The Morgan fingerprint density at radius 2 is 0.896 bits per heavy atom. The number of non-ortho nitro benzene ring substituents is 2.